The van der Waals surface area contributed by atoms with Crippen molar-refractivity contribution in [2.75, 3.05) is 6.61 Å². The molecule has 0 spiro atoms. The Balaban J connectivity index is 1.61. The maximum atomic E-state index is 10.5. The van der Waals surface area contributed by atoms with Gasteiger partial charge in [0.05, 0.1) is 6.61 Å². The predicted molar refractivity (Wildman–Crippen MR) is 107 cm³/mol. The number of carboxylic acids is 1. The SMILES string of the molecule is CCCCCCCC1CCC(COc2ccc(/C=C/C(=O)O)cc2)CC1. The Kier molecular flexibility index (Phi) is 9.30. The van der Waals surface area contributed by atoms with E-state index in [-0.39, 0.29) is 0 Å². The molecule has 1 aliphatic rings. The van der Waals surface area contributed by atoms with Gasteiger partial charge in [0.2, 0.25) is 0 Å². The highest BCUT2D eigenvalue weighted by Gasteiger charge is 2.21. The van der Waals surface area contributed by atoms with Crippen LogP contribution in [0.3, 0.4) is 0 Å². The van der Waals surface area contributed by atoms with E-state index in [1.54, 1.807) is 6.08 Å². The zero-order valence-corrected chi connectivity index (χ0v) is 16.2. The molecule has 3 heteroatoms. The second-order valence-electron chi connectivity index (χ2n) is 7.64. The molecule has 1 aromatic rings. The predicted octanol–water partition coefficient (Wildman–Crippen LogP) is 6.33. The van der Waals surface area contributed by atoms with Crippen molar-refractivity contribution in [2.45, 2.75) is 71.1 Å². The average Bonchev–Trinajstić information content (AvgIpc) is 2.66. The number of carbonyl (C=O) groups is 1. The summed E-state index contributed by atoms with van der Waals surface area (Å²) in [5, 5.41) is 8.65. The summed E-state index contributed by atoms with van der Waals surface area (Å²) in [4.78, 5) is 10.5. The third-order valence-corrected chi connectivity index (χ3v) is 5.47. The molecule has 0 aliphatic heterocycles. The van der Waals surface area contributed by atoms with Gasteiger partial charge in [-0.3, -0.25) is 0 Å². The maximum absolute atomic E-state index is 10.5. The molecule has 0 unspecified atom stereocenters. The summed E-state index contributed by atoms with van der Waals surface area (Å²) < 4.78 is 5.95. The molecule has 2 rings (SSSR count). The van der Waals surface area contributed by atoms with Gasteiger partial charge in [0.15, 0.2) is 0 Å². The van der Waals surface area contributed by atoms with Gasteiger partial charge in [0.1, 0.15) is 5.75 Å². The van der Waals surface area contributed by atoms with Crippen LogP contribution in [0.5, 0.6) is 5.75 Å². The van der Waals surface area contributed by atoms with Crippen LogP contribution in [0.15, 0.2) is 30.3 Å². The lowest BCUT2D eigenvalue weighted by molar-refractivity contribution is -0.131. The molecule has 1 fully saturated rings. The second kappa shape index (κ2) is 11.8. The fourth-order valence-electron chi connectivity index (χ4n) is 3.78. The zero-order chi connectivity index (χ0) is 18.6. The molecular weight excluding hydrogens is 324 g/mol. The summed E-state index contributed by atoms with van der Waals surface area (Å²) >= 11 is 0. The normalized spacial score (nSPS) is 20.3. The van der Waals surface area contributed by atoms with E-state index < -0.39 is 5.97 Å². The lowest BCUT2D eigenvalue weighted by Gasteiger charge is -2.28. The molecular formula is C23H34O3. The van der Waals surface area contributed by atoms with Gasteiger partial charge >= 0.3 is 5.97 Å². The molecule has 1 aliphatic carbocycles. The van der Waals surface area contributed by atoms with Crippen LogP contribution in [-0.4, -0.2) is 17.7 Å². The standard InChI is InChI=1S/C23H34O3/c1-2-3-4-5-6-7-19-8-10-21(11-9-19)18-26-22-15-12-20(13-16-22)14-17-23(24)25/h12-17,19,21H,2-11,18H2,1H3,(H,24,25)/b17-14+. The molecule has 0 amide bonds. The Morgan fingerprint density at radius 1 is 1.04 bits per heavy atom. The molecule has 1 aromatic carbocycles. The van der Waals surface area contributed by atoms with E-state index >= 15 is 0 Å². The maximum Gasteiger partial charge on any atom is 0.328 e. The average molecular weight is 359 g/mol. The lowest BCUT2D eigenvalue weighted by Crippen LogP contribution is -2.20. The van der Waals surface area contributed by atoms with E-state index in [1.807, 2.05) is 24.3 Å². The summed E-state index contributed by atoms with van der Waals surface area (Å²) in [6, 6.07) is 7.63. The Hall–Kier alpha value is -1.77. The Bertz CT molecular complexity index is 539. The number of carboxylic acid groups (broad SMARTS) is 1. The third kappa shape index (κ3) is 8.07. The molecule has 144 valence electrons. The van der Waals surface area contributed by atoms with Crippen LogP contribution in [0.1, 0.15) is 76.7 Å². The Morgan fingerprint density at radius 3 is 2.35 bits per heavy atom. The van der Waals surface area contributed by atoms with Gasteiger partial charge in [-0.1, -0.05) is 70.4 Å². The van der Waals surface area contributed by atoms with Gasteiger partial charge < -0.3 is 9.84 Å². The monoisotopic (exact) mass is 358 g/mol. The topological polar surface area (TPSA) is 46.5 Å². The van der Waals surface area contributed by atoms with Gasteiger partial charge in [-0.2, -0.15) is 0 Å². The molecule has 1 N–H and O–H groups in total. The summed E-state index contributed by atoms with van der Waals surface area (Å²) in [5.41, 5.74) is 0.874. The van der Waals surface area contributed by atoms with Crippen molar-refractivity contribution in [3.05, 3.63) is 35.9 Å². The second-order valence-corrected chi connectivity index (χ2v) is 7.64. The summed E-state index contributed by atoms with van der Waals surface area (Å²) in [7, 11) is 0. The van der Waals surface area contributed by atoms with Crippen molar-refractivity contribution in [3.63, 3.8) is 0 Å². The van der Waals surface area contributed by atoms with Gasteiger partial charge in [0.25, 0.3) is 0 Å². The van der Waals surface area contributed by atoms with Crippen LogP contribution in [0.2, 0.25) is 0 Å². The first-order chi connectivity index (χ1) is 12.7. The van der Waals surface area contributed by atoms with Crippen molar-refractivity contribution < 1.29 is 14.6 Å². The van der Waals surface area contributed by atoms with E-state index in [0.717, 1.165) is 29.9 Å². The highest BCUT2D eigenvalue weighted by atomic mass is 16.5. The molecule has 0 bridgehead atoms. The minimum Gasteiger partial charge on any atom is -0.493 e. The van der Waals surface area contributed by atoms with Crippen molar-refractivity contribution in [1.29, 1.82) is 0 Å². The Morgan fingerprint density at radius 2 is 1.69 bits per heavy atom. The fraction of sp³-hybridized carbons (Fsp3) is 0.609. The van der Waals surface area contributed by atoms with Crippen molar-refractivity contribution in [1.82, 2.24) is 0 Å². The van der Waals surface area contributed by atoms with Crippen LogP contribution in [-0.2, 0) is 4.79 Å². The van der Waals surface area contributed by atoms with Crippen molar-refractivity contribution >= 4 is 12.0 Å². The van der Waals surface area contributed by atoms with Gasteiger partial charge in [-0.05, 0) is 48.4 Å². The number of ether oxygens (including phenoxy) is 1. The largest absolute Gasteiger partial charge is 0.493 e. The van der Waals surface area contributed by atoms with Crippen molar-refractivity contribution in [2.24, 2.45) is 11.8 Å². The van der Waals surface area contributed by atoms with E-state index in [4.69, 9.17) is 9.84 Å². The van der Waals surface area contributed by atoms with Gasteiger partial charge in [-0.15, -0.1) is 0 Å². The quantitative estimate of drug-likeness (QED) is 0.371. The summed E-state index contributed by atoms with van der Waals surface area (Å²) in [5.74, 6) is 1.56. The number of unbranched alkanes of at least 4 members (excludes halogenated alkanes) is 4. The molecule has 0 atom stereocenters. The van der Waals surface area contributed by atoms with Crippen molar-refractivity contribution in [3.8, 4) is 5.75 Å². The first kappa shape index (κ1) is 20.5. The molecule has 3 nitrogen and oxygen atoms in total. The first-order valence-corrected chi connectivity index (χ1v) is 10.3. The summed E-state index contributed by atoms with van der Waals surface area (Å²) in [6.07, 6.45) is 16.4. The van der Waals surface area contributed by atoms with Gasteiger partial charge in [-0.25, -0.2) is 4.79 Å². The third-order valence-electron chi connectivity index (χ3n) is 5.47. The minimum absolute atomic E-state index is 0.679. The Labute approximate surface area is 158 Å². The number of hydrogen-bond donors (Lipinski definition) is 1. The highest BCUT2D eigenvalue weighted by molar-refractivity contribution is 5.85. The molecule has 0 radical (unpaired) electrons. The van der Waals surface area contributed by atoms with Crippen LogP contribution in [0, 0.1) is 11.8 Å². The number of rotatable bonds is 11. The molecule has 0 saturated heterocycles. The molecule has 0 heterocycles. The lowest BCUT2D eigenvalue weighted by atomic mass is 9.80. The van der Waals surface area contributed by atoms with E-state index in [9.17, 15) is 4.79 Å². The summed E-state index contributed by atoms with van der Waals surface area (Å²) in [6.45, 7) is 3.07. The highest BCUT2D eigenvalue weighted by Crippen LogP contribution is 2.32. The number of benzene rings is 1. The van der Waals surface area contributed by atoms with E-state index in [1.165, 1.54) is 64.2 Å². The van der Waals surface area contributed by atoms with Crippen LogP contribution in [0.25, 0.3) is 6.08 Å². The van der Waals surface area contributed by atoms with Gasteiger partial charge in [0, 0.05) is 6.08 Å². The molecule has 0 aromatic heterocycles. The fourth-order valence-corrected chi connectivity index (χ4v) is 3.78. The minimum atomic E-state index is -0.929. The van der Waals surface area contributed by atoms with Crippen LogP contribution < -0.4 is 4.74 Å². The van der Waals surface area contributed by atoms with E-state index in [0.29, 0.717) is 5.92 Å². The first-order valence-electron chi connectivity index (χ1n) is 10.3. The smallest absolute Gasteiger partial charge is 0.328 e. The number of hydrogen-bond acceptors (Lipinski definition) is 2. The number of aliphatic carboxylic acids is 1. The van der Waals surface area contributed by atoms with Crippen LogP contribution in [0.4, 0.5) is 0 Å². The molecule has 1 saturated carbocycles. The van der Waals surface area contributed by atoms with Crippen LogP contribution >= 0.6 is 0 Å². The van der Waals surface area contributed by atoms with E-state index in [2.05, 4.69) is 6.92 Å². The molecule has 26 heavy (non-hydrogen) atoms. The zero-order valence-electron chi connectivity index (χ0n) is 16.2.